The first-order valence-electron chi connectivity index (χ1n) is 16.5. The number of allylic oxidation sites excluding steroid dienone is 1. The SMILES string of the molecule is CC1(C)CC[C@]2(CC[C@@H]3C(=CC[C@@H]4[C@@]5(C)C[C@@H](O)[C@H](OC(=O)C=Cc6ccc(O)cc6)[C@@](C)(CO)[C@@H]5CC[C@]43C)[C@H]2O)C1. The van der Waals surface area contributed by atoms with Crippen LogP contribution in [0.15, 0.2) is 42.0 Å². The van der Waals surface area contributed by atoms with Gasteiger partial charge in [0.2, 0.25) is 0 Å². The first kappa shape index (κ1) is 30.9. The molecule has 43 heavy (non-hydrogen) atoms. The number of aromatic hydroxyl groups is 1. The Balaban J connectivity index is 1.25. The number of carbonyl (C=O) groups excluding carboxylic acids is 1. The second-order valence-corrected chi connectivity index (χ2v) is 16.5. The van der Waals surface area contributed by atoms with E-state index in [1.165, 1.54) is 18.1 Å². The van der Waals surface area contributed by atoms with Gasteiger partial charge in [0.25, 0.3) is 0 Å². The van der Waals surface area contributed by atoms with Crippen molar-refractivity contribution < 1.29 is 30.0 Å². The predicted octanol–water partition coefficient (Wildman–Crippen LogP) is 6.42. The number of carbonyl (C=O) groups is 1. The normalized spacial score (nSPS) is 45.3. The third kappa shape index (κ3) is 4.82. The van der Waals surface area contributed by atoms with Gasteiger partial charge in [-0.1, -0.05) is 52.8 Å². The summed E-state index contributed by atoms with van der Waals surface area (Å²) in [7, 11) is 0. The Kier molecular flexibility index (Phi) is 7.50. The topological polar surface area (TPSA) is 107 Å². The first-order chi connectivity index (χ1) is 20.2. The fourth-order valence-electron chi connectivity index (χ4n) is 11.5. The Hall–Kier alpha value is -2.15. The van der Waals surface area contributed by atoms with Crippen LogP contribution < -0.4 is 0 Å². The van der Waals surface area contributed by atoms with Crippen LogP contribution in [0.25, 0.3) is 6.08 Å². The van der Waals surface area contributed by atoms with Crippen molar-refractivity contribution in [2.45, 2.75) is 111 Å². The Morgan fingerprint density at radius 1 is 0.953 bits per heavy atom. The van der Waals surface area contributed by atoms with Crippen LogP contribution in [0, 0.1) is 44.8 Å². The lowest BCUT2D eigenvalue weighted by Gasteiger charge is -2.68. The van der Waals surface area contributed by atoms with Crippen LogP contribution in [0.1, 0.15) is 98.0 Å². The number of hydrogen-bond acceptors (Lipinski definition) is 6. The number of hydrogen-bond donors (Lipinski definition) is 4. The zero-order valence-electron chi connectivity index (χ0n) is 26.7. The lowest BCUT2D eigenvalue weighted by Crippen LogP contribution is -2.67. The molecule has 10 atom stereocenters. The molecule has 6 heteroatoms. The van der Waals surface area contributed by atoms with Crippen molar-refractivity contribution in [1.82, 2.24) is 0 Å². The van der Waals surface area contributed by atoms with Crippen LogP contribution in [0.4, 0.5) is 0 Å². The van der Waals surface area contributed by atoms with E-state index in [0.717, 1.165) is 50.5 Å². The summed E-state index contributed by atoms with van der Waals surface area (Å²) in [6.07, 6.45) is 12.1. The number of fused-ring (bicyclic) bond motifs is 5. The fraction of sp³-hybridized carbons (Fsp3) is 0.703. The lowest BCUT2D eigenvalue weighted by atomic mass is 9.37. The Labute approximate surface area is 257 Å². The highest BCUT2D eigenvalue weighted by molar-refractivity contribution is 5.87. The van der Waals surface area contributed by atoms with Crippen molar-refractivity contribution in [3.05, 3.63) is 47.6 Å². The Morgan fingerprint density at radius 3 is 2.33 bits per heavy atom. The number of phenols is 1. The summed E-state index contributed by atoms with van der Waals surface area (Å²) in [6, 6.07) is 6.53. The molecule has 0 aliphatic heterocycles. The predicted molar refractivity (Wildman–Crippen MR) is 167 cm³/mol. The average Bonchev–Trinajstić information content (AvgIpc) is 3.27. The minimum atomic E-state index is -0.891. The van der Waals surface area contributed by atoms with E-state index >= 15 is 0 Å². The zero-order chi connectivity index (χ0) is 31.0. The quantitative estimate of drug-likeness (QED) is 0.183. The van der Waals surface area contributed by atoms with Gasteiger partial charge < -0.3 is 25.2 Å². The van der Waals surface area contributed by atoms with Gasteiger partial charge in [0.1, 0.15) is 11.9 Å². The molecule has 5 aliphatic carbocycles. The molecule has 0 radical (unpaired) electrons. The van der Waals surface area contributed by atoms with E-state index in [1.54, 1.807) is 30.3 Å². The van der Waals surface area contributed by atoms with Crippen LogP contribution >= 0.6 is 0 Å². The molecule has 0 unspecified atom stereocenters. The smallest absolute Gasteiger partial charge is 0.331 e. The number of phenolic OH excluding ortho intramolecular Hbond substituents is 1. The van der Waals surface area contributed by atoms with Crippen molar-refractivity contribution >= 4 is 12.0 Å². The molecule has 1 spiro atoms. The summed E-state index contributed by atoms with van der Waals surface area (Å²) in [5, 5.41) is 43.9. The second-order valence-electron chi connectivity index (χ2n) is 16.5. The van der Waals surface area contributed by atoms with Crippen LogP contribution in [0.3, 0.4) is 0 Å². The van der Waals surface area contributed by atoms with Gasteiger partial charge in [-0.25, -0.2) is 4.79 Å². The maximum Gasteiger partial charge on any atom is 0.331 e. The molecule has 0 amide bonds. The van der Waals surface area contributed by atoms with Gasteiger partial charge in [0, 0.05) is 16.9 Å². The summed E-state index contributed by atoms with van der Waals surface area (Å²) in [6.45, 7) is 11.2. The van der Waals surface area contributed by atoms with Gasteiger partial charge >= 0.3 is 5.97 Å². The number of benzene rings is 1. The molecule has 236 valence electrons. The maximum atomic E-state index is 13.0. The van der Waals surface area contributed by atoms with Gasteiger partial charge in [0.05, 0.1) is 18.8 Å². The number of ether oxygens (including phenoxy) is 1. The van der Waals surface area contributed by atoms with Gasteiger partial charge in [-0.2, -0.15) is 0 Å². The summed E-state index contributed by atoms with van der Waals surface area (Å²) in [5.41, 5.74) is 1.31. The fourth-order valence-corrected chi connectivity index (χ4v) is 11.5. The molecule has 4 N–H and O–H groups in total. The van der Waals surface area contributed by atoms with E-state index in [2.05, 4.69) is 33.8 Å². The third-order valence-corrected chi connectivity index (χ3v) is 13.4. The molecule has 4 saturated carbocycles. The summed E-state index contributed by atoms with van der Waals surface area (Å²) >= 11 is 0. The van der Waals surface area contributed by atoms with Crippen molar-refractivity contribution in [3.8, 4) is 5.75 Å². The molecule has 0 saturated heterocycles. The summed E-state index contributed by atoms with van der Waals surface area (Å²) < 4.78 is 5.95. The molecular weight excluding hydrogens is 540 g/mol. The molecule has 6 nitrogen and oxygen atoms in total. The third-order valence-electron chi connectivity index (χ3n) is 13.4. The van der Waals surface area contributed by atoms with E-state index < -0.39 is 23.6 Å². The largest absolute Gasteiger partial charge is 0.508 e. The van der Waals surface area contributed by atoms with Crippen LogP contribution in [0.5, 0.6) is 5.75 Å². The lowest BCUT2D eigenvalue weighted by molar-refractivity contribution is -0.241. The van der Waals surface area contributed by atoms with E-state index in [-0.39, 0.29) is 46.0 Å². The monoisotopic (exact) mass is 592 g/mol. The van der Waals surface area contributed by atoms with Crippen LogP contribution in [-0.4, -0.2) is 51.3 Å². The molecule has 0 heterocycles. The minimum Gasteiger partial charge on any atom is -0.508 e. The number of aliphatic hydroxyl groups excluding tert-OH is 3. The molecule has 1 aromatic rings. The van der Waals surface area contributed by atoms with E-state index in [9.17, 15) is 25.2 Å². The van der Waals surface area contributed by atoms with E-state index in [0.29, 0.717) is 18.3 Å². The summed E-state index contributed by atoms with van der Waals surface area (Å²) in [5.74, 6) is 0.329. The molecule has 5 aliphatic rings. The molecule has 6 rings (SSSR count). The van der Waals surface area contributed by atoms with E-state index in [4.69, 9.17) is 4.74 Å². The van der Waals surface area contributed by atoms with Crippen molar-refractivity contribution in [1.29, 1.82) is 0 Å². The molecule has 0 bridgehead atoms. The van der Waals surface area contributed by atoms with Crippen molar-refractivity contribution in [3.63, 3.8) is 0 Å². The second kappa shape index (κ2) is 10.5. The van der Waals surface area contributed by atoms with Gasteiger partial charge in [-0.05, 0) is 121 Å². The van der Waals surface area contributed by atoms with Gasteiger partial charge in [-0.3, -0.25) is 0 Å². The highest BCUT2D eigenvalue weighted by atomic mass is 16.6. The van der Waals surface area contributed by atoms with Crippen molar-refractivity contribution in [2.24, 2.45) is 44.8 Å². The maximum absolute atomic E-state index is 13.0. The Morgan fingerprint density at radius 2 is 1.67 bits per heavy atom. The Bertz CT molecular complexity index is 1300. The van der Waals surface area contributed by atoms with Crippen molar-refractivity contribution in [2.75, 3.05) is 6.61 Å². The number of rotatable bonds is 4. The molecule has 4 fully saturated rings. The minimum absolute atomic E-state index is 0.0124. The van der Waals surface area contributed by atoms with Crippen LogP contribution in [-0.2, 0) is 9.53 Å². The molecule has 0 aromatic heterocycles. The first-order valence-corrected chi connectivity index (χ1v) is 16.5. The number of esters is 1. The van der Waals surface area contributed by atoms with Crippen LogP contribution in [0.2, 0.25) is 0 Å². The average molecular weight is 593 g/mol. The summed E-state index contributed by atoms with van der Waals surface area (Å²) in [4.78, 5) is 13.0. The highest BCUT2D eigenvalue weighted by Gasteiger charge is 2.67. The molecule has 1 aromatic carbocycles. The number of aliphatic hydroxyl groups is 3. The van der Waals surface area contributed by atoms with Gasteiger partial charge in [0.15, 0.2) is 0 Å². The van der Waals surface area contributed by atoms with E-state index in [1.807, 2.05) is 6.92 Å². The highest BCUT2D eigenvalue weighted by Crippen LogP contribution is 2.71. The van der Waals surface area contributed by atoms with Gasteiger partial charge in [-0.15, -0.1) is 0 Å². The standard InChI is InChI=1S/C37H52O6/c1-33(2)18-19-37(21-33)17-14-26-25(31(37)42)11-12-28-34(26,3)16-15-29-35(28,4)20-27(40)32(36(29,5)22-38)43-30(41)13-8-23-6-9-24(39)10-7-23/h6-11,13,26-29,31-32,38-40,42H,12,14-22H2,1-5H3/t26-,27-,28+,29-,31-,32+,34+,35-,36+,37-/m1/s1. The zero-order valence-corrected chi connectivity index (χ0v) is 26.7. The molecular formula is C37H52O6.